The van der Waals surface area contributed by atoms with E-state index in [-0.39, 0.29) is 0 Å². The van der Waals surface area contributed by atoms with Crippen LogP contribution in [-0.2, 0) is 0 Å². The molecule has 1 aromatic carbocycles. The first-order valence-corrected chi connectivity index (χ1v) is 4.58. The van der Waals surface area contributed by atoms with Crippen LogP contribution in [0, 0.1) is 13.8 Å². The molecule has 0 fully saturated rings. The normalized spacial score (nSPS) is 10.4. The highest BCUT2D eigenvalue weighted by molar-refractivity contribution is 5.69. The molecule has 0 saturated heterocycles. The van der Waals surface area contributed by atoms with E-state index < -0.39 is 0 Å². The number of nitrogen functional groups attached to an aromatic ring is 1. The standard InChI is InChI=1S/C12H13NO/c1-8-5-11(6-12(13)9(8)2)10-3-4-14-7-10/h3-7H,13H2,1-2H3. The second-order valence-electron chi connectivity index (χ2n) is 3.52. The molecule has 0 aliphatic rings. The number of nitrogens with two attached hydrogens (primary N) is 1. The van der Waals surface area contributed by atoms with Crippen LogP contribution in [0.2, 0.25) is 0 Å². The van der Waals surface area contributed by atoms with Crippen molar-refractivity contribution >= 4 is 5.69 Å². The van der Waals surface area contributed by atoms with E-state index in [1.807, 2.05) is 19.1 Å². The maximum atomic E-state index is 5.90. The van der Waals surface area contributed by atoms with Gasteiger partial charge in [-0.2, -0.15) is 0 Å². The van der Waals surface area contributed by atoms with Crippen molar-refractivity contribution in [1.29, 1.82) is 0 Å². The molecule has 2 N–H and O–H groups in total. The first kappa shape index (κ1) is 8.88. The van der Waals surface area contributed by atoms with E-state index in [9.17, 15) is 0 Å². The van der Waals surface area contributed by atoms with Crippen LogP contribution in [0.1, 0.15) is 11.1 Å². The van der Waals surface area contributed by atoms with Crippen LogP contribution >= 0.6 is 0 Å². The van der Waals surface area contributed by atoms with Gasteiger partial charge in [-0.15, -0.1) is 0 Å². The van der Waals surface area contributed by atoms with Gasteiger partial charge in [-0.25, -0.2) is 0 Å². The molecule has 2 rings (SSSR count). The lowest BCUT2D eigenvalue weighted by molar-refractivity contribution is 0.568. The summed E-state index contributed by atoms with van der Waals surface area (Å²) >= 11 is 0. The minimum absolute atomic E-state index is 0.834. The average Bonchev–Trinajstić information content (AvgIpc) is 2.66. The molecule has 2 nitrogen and oxygen atoms in total. The van der Waals surface area contributed by atoms with E-state index in [1.165, 1.54) is 5.56 Å². The number of hydrogen-bond donors (Lipinski definition) is 1. The summed E-state index contributed by atoms with van der Waals surface area (Å²) in [6.07, 6.45) is 3.39. The van der Waals surface area contributed by atoms with Crippen LogP contribution in [0.4, 0.5) is 5.69 Å². The molecule has 0 aliphatic carbocycles. The van der Waals surface area contributed by atoms with Gasteiger partial charge < -0.3 is 10.2 Å². The molecule has 0 amide bonds. The number of furan rings is 1. The minimum atomic E-state index is 0.834. The fourth-order valence-corrected chi connectivity index (χ4v) is 1.48. The maximum absolute atomic E-state index is 5.90. The highest BCUT2D eigenvalue weighted by Gasteiger charge is 2.04. The van der Waals surface area contributed by atoms with Crippen molar-refractivity contribution < 1.29 is 4.42 Å². The number of hydrogen-bond acceptors (Lipinski definition) is 2. The second kappa shape index (κ2) is 3.22. The molecular weight excluding hydrogens is 174 g/mol. The number of anilines is 1. The van der Waals surface area contributed by atoms with Crippen molar-refractivity contribution in [2.45, 2.75) is 13.8 Å². The van der Waals surface area contributed by atoms with Crippen molar-refractivity contribution in [3.63, 3.8) is 0 Å². The van der Waals surface area contributed by atoms with Crippen LogP contribution in [0.5, 0.6) is 0 Å². The smallest absolute Gasteiger partial charge is 0.0980 e. The highest BCUT2D eigenvalue weighted by atomic mass is 16.3. The maximum Gasteiger partial charge on any atom is 0.0980 e. The molecule has 72 valence electrons. The topological polar surface area (TPSA) is 39.2 Å². The van der Waals surface area contributed by atoms with Crippen molar-refractivity contribution in [2.75, 3.05) is 5.73 Å². The van der Waals surface area contributed by atoms with Gasteiger partial charge in [0.2, 0.25) is 0 Å². The van der Waals surface area contributed by atoms with Gasteiger partial charge in [-0.1, -0.05) is 6.07 Å². The van der Waals surface area contributed by atoms with E-state index in [1.54, 1.807) is 12.5 Å². The first-order valence-electron chi connectivity index (χ1n) is 4.58. The van der Waals surface area contributed by atoms with Crippen LogP contribution in [0.15, 0.2) is 35.1 Å². The summed E-state index contributed by atoms with van der Waals surface area (Å²) in [6, 6.07) is 6.03. The quantitative estimate of drug-likeness (QED) is 0.696. The largest absolute Gasteiger partial charge is 0.472 e. The molecule has 0 saturated carbocycles. The Morgan fingerprint density at radius 3 is 2.50 bits per heavy atom. The van der Waals surface area contributed by atoms with Crippen LogP contribution < -0.4 is 5.73 Å². The van der Waals surface area contributed by atoms with Gasteiger partial charge in [0.25, 0.3) is 0 Å². The zero-order valence-corrected chi connectivity index (χ0v) is 8.37. The zero-order chi connectivity index (χ0) is 10.1. The van der Waals surface area contributed by atoms with Crippen molar-refractivity contribution in [3.05, 3.63) is 41.9 Å². The van der Waals surface area contributed by atoms with Gasteiger partial charge in [0.05, 0.1) is 12.5 Å². The van der Waals surface area contributed by atoms with E-state index >= 15 is 0 Å². The van der Waals surface area contributed by atoms with E-state index in [2.05, 4.69) is 13.0 Å². The Morgan fingerprint density at radius 1 is 1.14 bits per heavy atom. The molecule has 0 bridgehead atoms. The third-order valence-corrected chi connectivity index (χ3v) is 2.56. The lowest BCUT2D eigenvalue weighted by Crippen LogP contribution is -1.93. The van der Waals surface area contributed by atoms with E-state index in [0.717, 1.165) is 22.4 Å². The average molecular weight is 187 g/mol. The van der Waals surface area contributed by atoms with Gasteiger partial charge in [-0.3, -0.25) is 0 Å². The summed E-state index contributed by atoms with van der Waals surface area (Å²) in [4.78, 5) is 0. The Bertz CT molecular complexity index is 420. The van der Waals surface area contributed by atoms with Crippen molar-refractivity contribution in [1.82, 2.24) is 0 Å². The molecule has 0 aliphatic heterocycles. The third kappa shape index (κ3) is 1.39. The third-order valence-electron chi connectivity index (χ3n) is 2.56. The Balaban J connectivity index is 2.57. The van der Waals surface area contributed by atoms with Crippen molar-refractivity contribution in [2.24, 2.45) is 0 Å². The Labute approximate surface area is 83.4 Å². The van der Waals surface area contributed by atoms with Crippen LogP contribution in [-0.4, -0.2) is 0 Å². The predicted molar refractivity (Wildman–Crippen MR) is 58.0 cm³/mol. The van der Waals surface area contributed by atoms with Crippen LogP contribution in [0.3, 0.4) is 0 Å². The Kier molecular flexibility index (Phi) is 2.04. The van der Waals surface area contributed by atoms with Crippen molar-refractivity contribution in [3.8, 4) is 11.1 Å². The minimum Gasteiger partial charge on any atom is -0.472 e. The molecule has 1 heterocycles. The Morgan fingerprint density at radius 2 is 1.93 bits per heavy atom. The second-order valence-corrected chi connectivity index (χ2v) is 3.52. The SMILES string of the molecule is Cc1cc(-c2ccoc2)cc(N)c1C. The molecule has 0 radical (unpaired) electrons. The molecule has 2 heteroatoms. The summed E-state index contributed by atoms with van der Waals surface area (Å²) < 4.78 is 5.04. The van der Waals surface area contributed by atoms with Gasteiger partial charge in [0.1, 0.15) is 0 Å². The lowest BCUT2D eigenvalue weighted by atomic mass is 10.0. The highest BCUT2D eigenvalue weighted by Crippen LogP contribution is 2.26. The number of benzene rings is 1. The molecular formula is C12H13NO. The molecule has 0 atom stereocenters. The summed E-state index contributed by atoms with van der Waals surface area (Å²) in [6.45, 7) is 4.10. The lowest BCUT2D eigenvalue weighted by Gasteiger charge is -2.07. The fourth-order valence-electron chi connectivity index (χ4n) is 1.48. The van der Waals surface area contributed by atoms with Crippen LogP contribution in [0.25, 0.3) is 11.1 Å². The van der Waals surface area contributed by atoms with Gasteiger partial charge in [-0.05, 0) is 42.7 Å². The monoisotopic (exact) mass is 187 g/mol. The molecule has 2 aromatic rings. The van der Waals surface area contributed by atoms with E-state index in [0.29, 0.717) is 0 Å². The summed E-state index contributed by atoms with van der Waals surface area (Å²) in [5, 5.41) is 0. The predicted octanol–water partition coefficient (Wildman–Crippen LogP) is 3.15. The Hall–Kier alpha value is -1.70. The van der Waals surface area contributed by atoms with E-state index in [4.69, 9.17) is 10.2 Å². The van der Waals surface area contributed by atoms with Gasteiger partial charge in [0.15, 0.2) is 0 Å². The zero-order valence-electron chi connectivity index (χ0n) is 8.37. The summed E-state index contributed by atoms with van der Waals surface area (Å²) in [5.74, 6) is 0. The molecule has 14 heavy (non-hydrogen) atoms. The van der Waals surface area contributed by atoms with Gasteiger partial charge in [0, 0.05) is 11.3 Å². The van der Waals surface area contributed by atoms with Gasteiger partial charge >= 0.3 is 0 Å². The first-order chi connectivity index (χ1) is 6.68. The summed E-state index contributed by atoms with van der Waals surface area (Å²) in [7, 11) is 0. The fraction of sp³-hybridized carbons (Fsp3) is 0.167. The summed E-state index contributed by atoms with van der Waals surface area (Å²) in [5.41, 5.74) is 11.3. The molecule has 0 unspecified atom stereocenters. The molecule has 0 spiro atoms. The number of rotatable bonds is 1. The molecule has 1 aromatic heterocycles. The number of aryl methyl sites for hydroxylation is 1.